The van der Waals surface area contributed by atoms with Crippen molar-refractivity contribution in [2.45, 2.75) is 6.18 Å². The number of nitrogens with zero attached hydrogens (tertiary/aromatic N) is 5. The molecule has 0 unspecified atom stereocenters. The molecule has 2 aliphatic rings. The fraction of sp³-hybridized carbons (Fsp3) is 0.450. The van der Waals surface area contributed by atoms with Gasteiger partial charge in [0.2, 0.25) is 0 Å². The number of rotatable bonds is 3. The molecule has 0 aliphatic carbocycles. The van der Waals surface area contributed by atoms with Crippen LogP contribution in [-0.2, 0) is 10.9 Å². The summed E-state index contributed by atoms with van der Waals surface area (Å²) >= 11 is 0. The van der Waals surface area contributed by atoms with E-state index in [2.05, 4.69) is 20.4 Å². The fourth-order valence-electron chi connectivity index (χ4n) is 3.62. The van der Waals surface area contributed by atoms with E-state index in [1.54, 1.807) is 0 Å². The maximum atomic E-state index is 13.1. The number of anilines is 3. The zero-order chi connectivity index (χ0) is 21.8. The van der Waals surface area contributed by atoms with Gasteiger partial charge in [-0.2, -0.15) is 13.2 Å². The van der Waals surface area contributed by atoms with Crippen LogP contribution in [0.15, 0.2) is 36.4 Å². The van der Waals surface area contributed by atoms with Crippen LogP contribution >= 0.6 is 0 Å². The molecule has 0 radical (unpaired) electrons. The lowest BCUT2D eigenvalue weighted by molar-refractivity contribution is -0.136. The second-order valence-corrected chi connectivity index (χ2v) is 7.30. The van der Waals surface area contributed by atoms with E-state index in [-0.39, 0.29) is 5.69 Å². The minimum Gasteiger partial charge on any atom is -0.378 e. The lowest BCUT2D eigenvalue weighted by Crippen LogP contribution is -2.50. The van der Waals surface area contributed by atoms with Gasteiger partial charge in [0.15, 0.2) is 11.6 Å². The lowest BCUT2D eigenvalue weighted by Gasteiger charge is -2.35. The van der Waals surface area contributed by atoms with Crippen LogP contribution < -0.4 is 15.1 Å². The third-order valence-electron chi connectivity index (χ3n) is 5.34. The van der Waals surface area contributed by atoms with Crippen molar-refractivity contribution in [3.63, 3.8) is 0 Å². The molecular formula is C20H23F3N6O2. The normalized spacial score (nSPS) is 17.6. The van der Waals surface area contributed by atoms with Crippen LogP contribution in [0.4, 0.5) is 35.3 Å². The number of halogens is 3. The van der Waals surface area contributed by atoms with Crippen LogP contribution in [0.2, 0.25) is 0 Å². The summed E-state index contributed by atoms with van der Waals surface area (Å²) in [5.74, 6) is 1.51. The largest absolute Gasteiger partial charge is 0.418 e. The van der Waals surface area contributed by atoms with Gasteiger partial charge in [-0.25, -0.2) is 4.79 Å². The topological polar surface area (TPSA) is 73.8 Å². The number of morpholine rings is 1. The third-order valence-corrected chi connectivity index (χ3v) is 5.34. The van der Waals surface area contributed by atoms with E-state index in [0.717, 1.165) is 25.0 Å². The Balaban J connectivity index is 1.33. The Kier molecular flexibility index (Phi) is 6.12. The first kappa shape index (κ1) is 21.2. The molecule has 1 aromatic heterocycles. The van der Waals surface area contributed by atoms with E-state index in [4.69, 9.17) is 4.74 Å². The van der Waals surface area contributed by atoms with Gasteiger partial charge in [-0.3, -0.25) is 0 Å². The first-order chi connectivity index (χ1) is 14.9. The van der Waals surface area contributed by atoms with Gasteiger partial charge < -0.3 is 24.8 Å². The highest BCUT2D eigenvalue weighted by atomic mass is 19.4. The van der Waals surface area contributed by atoms with Gasteiger partial charge in [0, 0.05) is 39.3 Å². The van der Waals surface area contributed by atoms with E-state index in [1.807, 2.05) is 17.0 Å². The van der Waals surface area contributed by atoms with Crippen molar-refractivity contribution in [2.75, 3.05) is 67.6 Å². The van der Waals surface area contributed by atoms with E-state index in [9.17, 15) is 18.0 Å². The van der Waals surface area contributed by atoms with E-state index >= 15 is 0 Å². The standard InChI is InChI=1S/C20H23F3N6O2/c21-20(22,23)15-3-1-2-4-16(15)24-19(30)29-9-7-27(8-10-29)17-5-6-18(26-25-17)28-11-13-31-14-12-28/h1-6H,7-14H2,(H,24,30). The van der Waals surface area contributed by atoms with Gasteiger partial charge in [-0.05, 0) is 24.3 Å². The van der Waals surface area contributed by atoms with Crippen LogP contribution in [0.1, 0.15) is 5.56 Å². The molecule has 2 aliphatic heterocycles. The number of carbonyl (C=O) groups is 1. The van der Waals surface area contributed by atoms with E-state index < -0.39 is 17.8 Å². The van der Waals surface area contributed by atoms with Crippen molar-refractivity contribution in [3.8, 4) is 0 Å². The molecule has 0 atom stereocenters. The minimum absolute atomic E-state index is 0.244. The Labute approximate surface area is 177 Å². The molecule has 2 fully saturated rings. The predicted octanol–water partition coefficient (Wildman–Crippen LogP) is 2.69. The summed E-state index contributed by atoms with van der Waals surface area (Å²) < 4.78 is 44.7. The Hall–Kier alpha value is -3.08. The number of carbonyl (C=O) groups excluding carboxylic acids is 1. The number of benzene rings is 1. The molecule has 8 nitrogen and oxygen atoms in total. The SMILES string of the molecule is O=C(Nc1ccccc1C(F)(F)F)N1CCN(c2ccc(N3CCOCC3)nn2)CC1. The first-order valence-electron chi connectivity index (χ1n) is 10.1. The van der Waals surface area contributed by atoms with Crippen molar-refractivity contribution in [3.05, 3.63) is 42.0 Å². The molecular weight excluding hydrogens is 413 g/mol. The number of nitrogens with one attached hydrogen (secondary N) is 1. The Morgan fingerprint density at radius 1 is 0.871 bits per heavy atom. The Morgan fingerprint density at radius 2 is 1.45 bits per heavy atom. The highest BCUT2D eigenvalue weighted by Gasteiger charge is 2.34. The maximum Gasteiger partial charge on any atom is 0.418 e. The zero-order valence-corrected chi connectivity index (χ0v) is 16.8. The maximum absolute atomic E-state index is 13.1. The quantitative estimate of drug-likeness (QED) is 0.798. The fourth-order valence-corrected chi connectivity index (χ4v) is 3.62. The molecule has 11 heteroatoms. The van der Waals surface area contributed by atoms with Crippen LogP contribution in [0, 0.1) is 0 Å². The molecule has 0 saturated carbocycles. The van der Waals surface area contributed by atoms with Gasteiger partial charge in [-0.15, -0.1) is 10.2 Å². The molecule has 0 bridgehead atoms. The van der Waals surface area contributed by atoms with Crippen molar-refractivity contribution in [1.29, 1.82) is 0 Å². The smallest absolute Gasteiger partial charge is 0.378 e. The monoisotopic (exact) mass is 436 g/mol. The molecule has 3 heterocycles. The van der Waals surface area contributed by atoms with Gasteiger partial charge in [0.25, 0.3) is 0 Å². The summed E-state index contributed by atoms with van der Waals surface area (Å²) in [6, 6.07) is 8.22. The summed E-state index contributed by atoms with van der Waals surface area (Å²) in [5.41, 5.74) is -1.11. The second kappa shape index (κ2) is 8.96. The van der Waals surface area contributed by atoms with Crippen molar-refractivity contribution in [1.82, 2.24) is 15.1 Å². The predicted molar refractivity (Wildman–Crippen MR) is 109 cm³/mol. The molecule has 2 aromatic rings. The molecule has 0 spiro atoms. The van der Waals surface area contributed by atoms with E-state index in [1.165, 1.54) is 23.1 Å². The molecule has 166 valence electrons. The number of hydrogen-bond donors (Lipinski definition) is 1. The average Bonchev–Trinajstić information content (AvgIpc) is 2.79. The number of amides is 2. The summed E-state index contributed by atoms with van der Waals surface area (Å²) in [4.78, 5) is 18.1. The van der Waals surface area contributed by atoms with Crippen LogP contribution in [0.25, 0.3) is 0 Å². The number of alkyl halides is 3. The van der Waals surface area contributed by atoms with Gasteiger partial charge in [0.05, 0.1) is 24.5 Å². The highest BCUT2D eigenvalue weighted by molar-refractivity contribution is 5.90. The number of aromatic nitrogens is 2. The number of piperazine rings is 1. The van der Waals surface area contributed by atoms with Gasteiger partial charge in [-0.1, -0.05) is 12.1 Å². The number of urea groups is 1. The number of ether oxygens (including phenoxy) is 1. The summed E-state index contributed by atoms with van der Waals surface area (Å²) in [6.45, 7) is 4.65. The molecule has 2 amide bonds. The highest BCUT2D eigenvalue weighted by Crippen LogP contribution is 2.34. The van der Waals surface area contributed by atoms with Crippen molar-refractivity contribution in [2.24, 2.45) is 0 Å². The van der Waals surface area contributed by atoms with Gasteiger partial charge in [0.1, 0.15) is 0 Å². The third kappa shape index (κ3) is 4.98. The number of para-hydroxylation sites is 1. The Bertz CT molecular complexity index is 895. The van der Waals surface area contributed by atoms with Crippen LogP contribution in [-0.4, -0.2) is 73.6 Å². The molecule has 1 aromatic carbocycles. The average molecular weight is 436 g/mol. The molecule has 2 saturated heterocycles. The minimum atomic E-state index is -4.53. The van der Waals surface area contributed by atoms with E-state index in [0.29, 0.717) is 45.2 Å². The molecule has 1 N–H and O–H groups in total. The first-order valence-corrected chi connectivity index (χ1v) is 10.1. The zero-order valence-electron chi connectivity index (χ0n) is 16.8. The van der Waals surface area contributed by atoms with Crippen LogP contribution in [0.3, 0.4) is 0 Å². The molecule has 4 rings (SSSR count). The van der Waals surface area contributed by atoms with Crippen molar-refractivity contribution < 1.29 is 22.7 Å². The summed E-state index contributed by atoms with van der Waals surface area (Å²) in [7, 11) is 0. The van der Waals surface area contributed by atoms with Crippen LogP contribution in [0.5, 0.6) is 0 Å². The number of hydrogen-bond acceptors (Lipinski definition) is 6. The summed E-state index contributed by atoms with van der Waals surface area (Å²) in [6.07, 6.45) is -4.53. The lowest BCUT2D eigenvalue weighted by atomic mass is 10.1. The van der Waals surface area contributed by atoms with Gasteiger partial charge >= 0.3 is 12.2 Å². The van der Waals surface area contributed by atoms with Crippen molar-refractivity contribution >= 4 is 23.4 Å². The summed E-state index contributed by atoms with van der Waals surface area (Å²) in [5, 5.41) is 11.0. The Morgan fingerprint density at radius 3 is 2.03 bits per heavy atom. The molecule has 31 heavy (non-hydrogen) atoms. The second-order valence-electron chi connectivity index (χ2n) is 7.30.